The lowest BCUT2D eigenvalue weighted by atomic mass is 9.91. The van der Waals surface area contributed by atoms with Crippen molar-refractivity contribution in [2.75, 3.05) is 35.5 Å². The summed E-state index contributed by atoms with van der Waals surface area (Å²) in [5.41, 5.74) is 2.06. The van der Waals surface area contributed by atoms with Gasteiger partial charge in [0.25, 0.3) is 5.79 Å². The van der Waals surface area contributed by atoms with Crippen molar-refractivity contribution in [1.82, 2.24) is 0 Å². The molecule has 6 nitrogen and oxygen atoms in total. The van der Waals surface area contributed by atoms with Crippen molar-refractivity contribution in [1.29, 1.82) is 0 Å². The Hall–Kier alpha value is -1.87. The highest BCUT2D eigenvalue weighted by atomic mass is 28.4. The van der Waals surface area contributed by atoms with Gasteiger partial charge in [-0.25, -0.2) is 0 Å². The van der Waals surface area contributed by atoms with E-state index >= 15 is 0 Å². The first kappa shape index (κ1) is 22.4. The molecule has 0 spiro atoms. The molecule has 0 N–H and O–H groups in total. The van der Waals surface area contributed by atoms with Crippen molar-refractivity contribution in [3.8, 4) is 0 Å². The fourth-order valence-corrected chi connectivity index (χ4v) is 4.98. The minimum Gasteiger partial charge on any atom is -0.377 e. The molecule has 0 aromatic heterocycles. The highest BCUT2D eigenvalue weighted by molar-refractivity contribution is 6.60. The molecule has 0 aliphatic rings. The number of carbonyl (C=O) groups is 1. The average Bonchev–Trinajstić information content (AvgIpc) is 2.77. The molecular weight excluding hydrogens is 376 g/mol. The maximum absolute atomic E-state index is 13.3. The minimum atomic E-state index is -2.76. The lowest BCUT2D eigenvalue weighted by Gasteiger charge is -2.32. The van der Waals surface area contributed by atoms with Crippen LogP contribution in [0.1, 0.15) is 21.5 Å². The smallest absolute Gasteiger partial charge is 0.377 e. The molecule has 0 heterocycles. The topological polar surface area (TPSA) is 63.2 Å². The first-order valence-electron chi connectivity index (χ1n) is 8.96. The Balaban J connectivity index is 2.45. The lowest BCUT2D eigenvalue weighted by Crippen LogP contribution is -2.44. The largest absolute Gasteiger partial charge is 0.500 e. The number of methoxy groups -OCH3 is 2. The Kier molecular flexibility index (Phi) is 8.06. The van der Waals surface area contributed by atoms with Gasteiger partial charge >= 0.3 is 8.80 Å². The second kappa shape index (κ2) is 10.1. The van der Waals surface area contributed by atoms with Gasteiger partial charge in [-0.15, -0.1) is 0 Å². The van der Waals surface area contributed by atoms with Gasteiger partial charge in [0, 0.05) is 52.7 Å². The van der Waals surface area contributed by atoms with Crippen LogP contribution in [0.4, 0.5) is 0 Å². The number of aryl methyl sites for hydroxylation is 1. The number of ether oxygens (including phenoxy) is 2. The predicted octanol–water partition coefficient (Wildman–Crippen LogP) is 3.44. The summed E-state index contributed by atoms with van der Waals surface area (Å²) in [6, 6.07) is 17.1. The number of benzene rings is 2. The molecule has 0 bridgehead atoms. The number of carbonyl (C=O) groups excluding carboxylic acids is 1. The summed E-state index contributed by atoms with van der Waals surface area (Å²) in [5.74, 6) is -1.81. The van der Waals surface area contributed by atoms with Crippen molar-refractivity contribution in [3.63, 3.8) is 0 Å². The summed E-state index contributed by atoms with van der Waals surface area (Å²) in [6.45, 7) is 0. The van der Waals surface area contributed by atoms with Gasteiger partial charge in [0.05, 0.1) is 0 Å². The van der Waals surface area contributed by atoms with Crippen LogP contribution in [0.15, 0.2) is 54.6 Å². The molecule has 0 amide bonds. The summed E-state index contributed by atoms with van der Waals surface area (Å²) in [7, 11) is 4.93. The van der Waals surface area contributed by atoms with E-state index in [1.165, 1.54) is 14.2 Å². The Morgan fingerprint density at radius 1 is 0.821 bits per heavy atom. The fraction of sp³-hybridized carbons (Fsp3) is 0.381. The van der Waals surface area contributed by atoms with E-state index in [0.29, 0.717) is 23.6 Å². The highest BCUT2D eigenvalue weighted by Crippen LogP contribution is 2.34. The van der Waals surface area contributed by atoms with Gasteiger partial charge in [0.2, 0.25) is 5.78 Å². The van der Waals surface area contributed by atoms with E-state index in [1.54, 1.807) is 33.5 Å². The number of rotatable bonds is 11. The van der Waals surface area contributed by atoms with Crippen LogP contribution in [0.3, 0.4) is 0 Å². The van der Waals surface area contributed by atoms with Crippen LogP contribution < -0.4 is 0 Å². The second-order valence-corrected chi connectivity index (χ2v) is 9.26. The zero-order chi connectivity index (χ0) is 20.6. The Morgan fingerprint density at radius 2 is 1.36 bits per heavy atom. The van der Waals surface area contributed by atoms with Crippen molar-refractivity contribution < 1.29 is 27.5 Å². The SMILES string of the molecule is COC(OC)(C(=O)c1ccccc1)c1ccccc1CC[Si](OC)(OC)OC. The highest BCUT2D eigenvalue weighted by Gasteiger charge is 2.44. The molecule has 0 fully saturated rings. The maximum atomic E-state index is 13.3. The molecule has 7 heteroatoms. The predicted molar refractivity (Wildman–Crippen MR) is 108 cm³/mol. The molecule has 28 heavy (non-hydrogen) atoms. The fourth-order valence-electron chi connectivity index (χ4n) is 3.29. The molecule has 2 rings (SSSR count). The molecule has 0 aliphatic heterocycles. The van der Waals surface area contributed by atoms with E-state index in [9.17, 15) is 4.79 Å². The van der Waals surface area contributed by atoms with Crippen molar-refractivity contribution in [3.05, 3.63) is 71.3 Å². The van der Waals surface area contributed by atoms with E-state index in [0.717, 1.165) is 5.56 Å². The normalized spacial score (nSPS) is 12.2. The molecule has 0 aliphatic carbocycles. The summed E-state index contributed by atoms with van der Waals surface area (Å²) in [5, 5.41) is 0. The molecular formula is C21H28O6Si. The zero-order valence-corrected chi connectivity index (χ0v) is 18.1. The molecule has 0 saturated heterocycles. The Morgan fingerprint density at radius 3 is 1.89 bits per heavy atom. The van der Waals surface area contributed by atoms with Crippen LogP contribution in [-0.2, 0) is 35.0 Å². The number of hydrogen-bond donors (Lipinski definition) is 0. The van der Waals surface area contributed by atoms with Crippen LogP contribution in [0.25, 0.3) is 0 Å². The van der Waals surface area contributed by atoms with Crippen LogP contribution in [0.2, 0.25) is 6.04 Å². The molecule has 2 aromatic carbocycles. The third-order valence-corrected chi connectivity index (χ3v) is 7.64. The van der Waals surface area contributed by atoms with E-state index in [4.69, 9.17) is 22.8 Å². The van der Waals surface area contributed by atoms with Gasteiger partial charge in [-0.2, -0.15) is 0 Å². The van der Waals surface area contributed by atoms with Gasteiger partial charge in [-0.3, -0.25) is 4.79 Å². The average molecular weight is 405 g/mol. The van der Waals surface area contributed by atoms with Crippen molar-refractivity contribution in [2.24, 2.45) is 0 Å². The van der Waals surface area contributed by atoms with E-state index in [-0.39, 0.29) is 5.78 Å². The van der Waals surface area contributed by atoms with E-state index in [2.05, 4.69) is 0 Å². The first-order valence-corrected chi connectivity index (χ1v) is 10.9. The Bertz CT molecular complexity index is 748. The molecule has 2 aromatic rings. The van der Waals surface area contributed by atoms with Crippen LogP contribution in [-0.4, -0.2) is 50.1 Å². The molecule has 0 saturated carbocycles. The summed E-state index contributed by atoms with van der Waals surface area (Å²) < 4.78 is 27.9. The quantitative estimate of drug-likeness (QED) is 0.325. The van der Waals surface area contributed by atoms with Gasteiger partial charge in [-0.05, 0) is 12.0 Å². The third-order valence-electron chi connectivity index (χ3n) is 4.92. The Labute approximate surface area is 167 Å². The number of Topliss-reactive ketones (excluding diaryl/α,β-unsaturated/α-hetero) is 1. The van der Waals surface area contributed by atoms with Crippen LogP contribution in [0, 0.1) is 0 Å². The summed E-state index contributed by atoms with van der Waals surface area (Å²) in [4.78, 5) is 13.3. The van der Waals surface area contributed by atoms with Gasteiger partial charge in [0.15, 0.2) is 0 Å². The summed E-state index contributed by atoms with van der Waals surface area (Å²) in [6.07, 6.45) is 0.578. The zero-order valence-electron chi connectivity index (χ0n) is 17.1. The summed E-state index contributed by atoms with van der Waals surface area (Å²) >= 11 is 0. The third kappa shape index (κ3) is 4.40. The van der Waals surface area contributed by atoms with E-state index in [1.807, 2.05) is 42.5 Å². The van der Waals surface area contributed by atoms with Crippen LogP contribution >= 0.6 is 0 Å². The van der Waals surface area contributed by atoms with Gasteiger partial charge in [-0.1, -0.05) is 54.6 Å². The molecule has 0 unspecified atom stereocenters. The first-order chi connectivity index (χ1) is 13.5. The maximum Gasteiger partial charge on any atom is 0.500 e. The molecule has 152 valence electrons. The molecule has 0 radical (unpaired) electrons. The monoisotopic (exact) mass is 404 g/mol. The standard InChI is InChI=1S/C21H28O6Si/c1-23-21(24-2,20(22)18-12-7-6-8-13-18)19-14-10-9-11-17(19)15-16-28(25-3,26-4)27-5/h6-14H,15-16H2,1-5H3. The van der Waals surface area contributed by atoms with Gasteiger partial charge < -0.3 is 22.8 Å². The van der Waals surface area contributed by atoms with Crippen molar-refractivity contribution in [2.45, 2.75) is 18.3 Å². The number of hydrogen-bond acceptors (Lipinski definition) is 6. The van der Waals surface area contributed by atoms with E-state index < -0.39 is 14.6 Å². The number of ketones is 1. The second-order valence-electron chi connectivity index (χ2n) is 6.17. The van der Waals surface area contributed by atoms with Crippen molar-refractivity contribution >= 4 is 14.6 Å². The molecule has 0 atom stereocenters. The van der Waals surface area contributed by atoms with Gasteiger partial charge in [0.1, 0.15) is 0 Å². The lowest BCUT2D eigenvalue weighted by molar-refractivity contribution is -0.176. The minimum absolute atomic E-state index is 0.265. The van der Waals surface area contributed by atoms with Crippen LogP contribution in [0.5, 0.6) is 0 Å².